The van der Waals surface area contributed by atoms with Crippen LogP contribution in [0.15, 0.2) is 24.3 Å². The molecule has 17 heavy (non-hydrogen) atoms. The number of rotatable bonds is 6. The third kappa shape index (κ3) is 4.79. The van der Waals surface area contributed by atoms with Gasteiger partial charge in [-0.2, -0.15) is 11.8 Å². The average Bonchev–Trinajstić information content (AvgIpc) is 2.36. The molecule has 94 valence electrons. The summed E-state index contributed by atoms with van der Waals surface area (Å²) in [6, 6.07) is 7.44. The molecule has 1 aromatic carbocycles. The molecule has 0 aromatic heterocycles. The molecule has 1 rings (SSSR count). The second kappa shape index (κ2) is 7.35. The lowest BCUT2D eigenvalue weighted by atomic mass is 10.1. The maximum Gasteiger partial charge on any atom is 0.241 e. The van der Waals surface area contributed by atoms with Crippen molar-refractivity contribution in [3.63, 3.8) is 0 Å². The van der Waals surface area contributed by atoms with Gasteiger partial charge >= 0.3 is 0 Å². The lowest BCUT2D eigenvalue weighted by molar-refractivity contribution is -0.117. The van der Waals surface area contributed by atoms with Crippen LogP contribution >= 0.6 is 11.8 Å². The number of benzene rings is 1. The number of carbonyl (C=O) groups is 1. The van der Waals surface area contributed by atoms with E-state index in [1.165, 1.54) is 5.56 Å². The van der Waals surface area contributed by atoms with E-state index in [-0.39, 0.29) is 5.91 Å². The predicted octanol–water partition coefficient (Wildman–Crippen LogP) is 2.27. The van der Waals surface area contributed by atoms with E-state index in [1.54, 1.807) is 11.8 Å². The van der Waals surface area contributed by atoms with Gasteiger partial charge in [-0.15, -0.1) is 0 Å². The first kappa shape index (κ1) is 14.1. The van der Waals surface area contributed by atoms with Gasteiger partial charge in [0.2, 0.25) is 5.91 Å². The van der Waals surface area contributed by atoms with Crippen LogP contribution in [-0.2, 0) is 11.2 Å². The molecule has 0 saturated carbocycles. The van der Waals surface area contributed by atoms with Gasteiger partial charge in [0, 0.05) is 5.69 Å². The number of thioether (sulfide) groups is 1. The lowest BCUT2D eigenvalue weighted by Crippen LogP contribution is -2.36. The highest BCUT2D eigenvalue weighted by molar-refractivity contribution is 7.98. The molecule has 0 aliphatic carbocycles. The summed E-state index contributed by atoms with van der Waals surface area (Å²) in [5, 5.41) is 2.85. The van der Waals surface area contributed by atoms with E-state index in [1.807, 2.05) is 30.5 Å². The maximum atomic E-state index is 11.8. The van der Waals surface area contributed by atoms with Gasteiger partial charge in [0.25, 0.3) is 0 Å². The van der Waals surface area contributed by atoms with Crippen molar-refractivity contribution >= 4 is 23.4 Å². The predicted molar refractivity (Wildman–Crippen MR) is 75.4 cm³/mol. The Morgan fingerprint density at radius 1 is 1.53 bits per heavy atom. The fourth-order valence-corrected chi connectivity index (χ4v) is 1.97. The molecule has 1 atom stereocenters. The second-order valence-electron chi connectivity index (χ2n) is 3.93. The minimum atomic E-state index is -0.423. The number of hydrogen-bond acceptors (Lipinski definition) is 3. The van der Waals surface area contributed by atoms with E-state index < -0.39 is 6.04 Å². The Morgan fingerprint density at radius 3 is 2.94 bits per heavy atom. The molecule has 0 aliphatic rings. The molecule has 1 aromatic rings. The number of nitrogens with one attached hydrogen (secondary N) is 1. The number of hydrogen-bond donors (Lipinski definition) is 2. The smallest absolute Gasteiger partial charge is 0.241 e. The van der Waals surface area contributed by atoms with Crippen molar-refractivity contribution in [1.29, 1.82) is 0 Å². The molecule has 0 unspecified atom stereocenters. The molecule has 3 nitrogen and oxygen atoms in total. The number of carbonyl (C=O) groups excluding carboxylic acids is 1. The van der Waals surface area contributed by atoms with E-state index in [0.717, 1.165) is 17.9 Å². The summed E-state index contributed by atoms with van der Waals surface area (Å²) in [5.74, 6) is 0.802. The molecule has 0 aliphatic heterocycles. The summed E-state index contributed by atoms with van der Waals surface area (Å²) in [6.45, 7) is 2.09. The molecule has 0 bridgehead atoms. The molecule has 0 radical (unpaired) electrons. The van der Waals surface area contributed by atoms with Crippen molar-refractivity contribution in [1.82, 2.24) is 0 Å². The highest BCUT2D eigenvalue weighted by Crippen LogP contribution is 2.11. The van der Waals surface area contributed by atoms with Crippen molar-refractivity contribution in [2.75, 3.05) is 17.3 Å². The molecule has 0 fully saturated rings. The number of anilines is 1. The van der Waals surface area contributed by atoms with Gasteiger partial charge in [0.15, 0.2) is 0 Å². The van der Waals surface area contributed by atoms with Crippen LogP contribution in [0.1, 0.15) is 18.9 Å². The zero-order valence-electron chi connectivity index (χ0n) is 10.4. The monoisotopic (exact) mass is 252 g/mol. The third-order valence-electron chi connectivity index (χ3n) is 2.57. The molecular formula is C13H20N2OS. The molecule has 0 saturated heterocycles. The van der Waals surface area contributed by atoms with Crippen LogP contribution in [0, 0.1) is 0 Å². The number of amides is 1. The first-order valence-electron chi connectivity index (χ1n) is 5.81. The van der Waals surface area contributed by atoms with Crippen molar-refractivity contribution in [2.24, 2.45) is 5.73 Å². The van der Waals surface area contributed by atoms with E-state index in [0.29, 0.717) is 6.42 Å². The molecule has 0 heterocycles. The van der Waals surface area contributed by atoms with Crippen LogP contribution in [0.5, 0.6) is 0 Å². The van der Waals surface area contributed by atoms with Crippen LogP contribution < -0.4 is 11.1 Å². The highest BCUT2D eigenvalue weighted by Gasteiger charge is 2.12. The van der Waals surface area contributed by atoms with Crippen molar-refractivity contribution in [2.45, 2.75) is 25.8 Å². The molecule has 1 amide bonds. The highest BCUT2D eigenvalue weighted by atomic mass is 32.2. The summed E-state index contributed by atoms with van der Waals surface area (Å²) in [7, 11) is 0. The summed E-state index contributed by atoms with van der Waals surface area (Å²) in [5.41, 5.74) is 7.83. The average molecular weight is 252 g/mol. The van der Waals surface area contributed by atoms with E-state index in [4.69, 9.17) is 5.73 Å². The van der Waals surface area contributed by atoms with Gasteiger partial charge in [0.1, 0.15) is 0 Å². The number of nitrogens with two attached hydrogens (primary N) is 1. The maximum absolute atomic E-state index is 11.8. The Morgan fingerprint density at radius 2 is 2.29 bits per heavy atom. The lowest BCUT2D eigenvalue weighted by Gasteiger charge is -2.12. The normalized spacial score (nSPS) is 12.2. The largest absolute Gasteiger partial charge is 0.325 e. The molecule has 4 heteroatoms. The van der Waals surface area contributed by atoms with Crippen molar-refractivity contribution < 1.29 is 4.79 Å². The van der Waals surface area contributed by atoms with E-state index in [9.17, 15) is 4.79 Å². The Kier molecular flexibility index (Phi) is 6.08. The van der Waals surface area contributed by atoms with E-state index >= 15 is 0 Å². The Hall–Kier alpha value is -1.00. The third-order valence-corrected chi connectivity index (χ3v) is 3.22. The van der Waals surface area contributed by atoms with Crippen LogP contribution in [0.25, 0.3) is 0 Å². The van der Waals surface area contributed by atoms with Gasteiger partial charge in [-0.3, -0.25) is 4.79 Å². The topological polar surface area (TPSA) is 55.1 Å². The Balaban J connectivity index is 2.54. The fourth-order valence-electron chi connectivity index (χ4n) is 1.48. The van der Waals surface area contributed by atoms with Gasteiger partial charge in [0.05, 0.1) is 6.04 Å². The molecule has 3 N–H and O–H groups in total. The van der Waals surface area contributed by atoms with Gasteiger partial charge < -0.3 is 11.1 Å². The van der Waals surface area contributed by atoms with Crippen LogP contribution in [0.3, 0.4) is 0 Å². The van der Waals surface area contributed by atoms with Gasteiger partial charge in [-0.1, -0.05) is 19.1 Å². The Bertz CT molecular complexity index is 368. The summed E-state index contributed by atoms with van der Waals surface area (Å²) < 4.78 is 0. The second-order valence-corrected chi connectivity index (χ2v) is 4.92. The quantitative estimate of drug-likeness (QED) is 0.816. The van der Waals surface area contributed by atoms with Crippen LogP contribution in [0.2, 0.25) is 0 Å². The molecule has 0 spiro atoms. The molecular weight excluding hydrogens is 232 g/mol. The van der Waals surface area contributed by atoms with E-state index in [2.05, 4.69) is 12.2 Å². The number of aryl methyl sites for hydroxylation is 1. The van der Waals surface area contributed by atoms with Gasteiger partial charge in [-0.25, -0.2) is 0 Å². The summed E-state index contributed by atoms with van der Waals surface area (Å²) in [4.78, 5) is 11.8. The standard InChI is InChI=1S/C13H20N2OS/c1-3-10-5-4-6-11(9-10)15-13(16)12(14)7-8-17-2/h4-6,9,12H,3,7-8,14H2,1-2H3,(H,15,16)/t12-/m0/s1. The minimum absolute atomic E-state index is 0.104. The van der Waals surface area contributed by atoms with Crippen LogP contribution in [0.4, 0.5) is 5.69 Å². The first-order valence-corrected chi connectivity index (χ1v) is 7.21. The van der Waals surface area contributed by atoms with Crippen molar-refractivity contribution in [3.05, 3.63) is 29.8 Å². The zero-order valence-corrected chi connectivity index (χ0v) is 11.2. The zero-order chi connectivity index (χ0) is 12.7. The van der Waals surface area contributed by atoms with Gasteiger partial charge in [-0.05, 0) is 42.5 Å². The Labute approximate surface area is 107 Å². The van der Waals surface area contributed by atoms with Crippen molar-refractivity contribution in [3.8, 4) is 0 Å². The van der Waals surface area contributed by atoms with Crippen LogP contribution in [-0.4, -0.2) is 24.0 Å². The SMILES string of the molecule is CCc1cccc(NC(=O)[C@@H](N)CCSC)c1. The minimum Gasteiger partial charge on any atom is -0.325 e. The summed E-state index contributed by atoms with van der Waals surface area (Å²) >= 11 is 1.70. The summed E-state index contributed by atoms with van der Waals surface area (Å²) in [6.07, 6.45) is 3.68. The fraction of sp³-hybridized carbons (Fsp3) is 0.462. The first-order chi connectivity index (χ1) is 8.17.